The number of carboxylic acid groups (broad SMARTS) is 1. The van der Waals surface area contributed by atoms with Gasteiger partial charge in [0.1, 0.15) is 5.75 Å². The Labute approximate surface area is 100 Å². The summed E-state index contributed by atoms with van der Waals surface area (Å²) in [7, 11) is 1.60. The summed E-state index contributed by atoms with van der Waals surface area (Å²) in [4.78, 5) is 11.5. The van der Waals surface area contributed by atoms with Gasteiger partial charge in [-0.2, -0.15) is 0 Å². The Morgan fingerprint density at radius 2 is 2.18 bits per heavy atom. The Kier molecular flexibility index (Phi) is 2.83. The van der Waals surface area contributed by atoms with E-state index < -0.39 is 11.4 Å². The molecule has 92 valence electrons. The van der Waals surface area contributed by atoms with Crippen LogP contribution in [0, 0.1) is 6.92 Å². The van der Waals surface area contributed by atoms with Crippen molar-refractivity contribution in [1.82, 2.24) is 0 Å². The number of hydrogen-bond donors (Lipinski definition) is 2. The quantitative estimate of drug-likeness (QED) is 0.831. The van der Waals surface area contributed by atoms with Crippen LogP contribution in [0.4, 0.5) is 0 Å². The Bertz CT molecular complexity index is 450. The van der Waals surface area contributed by atoms with Gasteiger partial charge in [-0.15, -0.1) is 0 Å². The topological polar surface area (TPSA) is 72.5 Å². The molecule has 1 aromatic rings. The Morgan fingerprint density at radius 3 is 2.59 bits per heavy atom. The highest BCUT2D eigenvalue weighted by atomic mass is 16.5. The highest BCUT2D eigenvalue weighted by Gasteiger charge is 2.51. The first kappa shape index (κ1) is 11.9. The van der Waals surface area contributed by atoms with Crippen molar-refractivity contribution in [3.63, 3.8) is 0 Å². The molecule has 0 heterocycles. The Morgan fingerprint density at radius 1 is 1.53 bits per heavy atom. The van der Waals surface area contributed by atoms with E-state index in [1.807, 2.05) is 19.1 Å². The van der Waals surface area contributed by atoms with Gasteiger partial charge in [-0.05, 0) is 43.0 Å². The molecule has 1 saturated carbocycles. The van der Waals surface area contributed by atoms with Crippen LogP contribution in [0.3, 0.4) is 0 Å². The second kappa shape index (κ2) is 4.04. The molecule has 17 heavy (non-hydrogen) atoms. The lowest BCUT2D eigenvalue weighted by Crippen LogP contribution is -2.54. The summed E-state index contributed by atoms with van der Waals surface area (Å²) in [6.07, 6.45) is 1.02. The molecule has 2 rings (SSSR count). The van der Waals surface area contributed by atoms with Gasteiger partial charge in [-0.3, -0.25) is 4.79 Å². The number of aliphatic carboxylic acids is 1. The number of carboxylic acids is 1. The molecule has 0 atom stereocenters. The third-order valence-electron chi connectivity index (χ3n) is 3.58. The van der Waals surface area contributed by atoms with Crippen LogP contribution in [0.2, 0.25) is 0 Å². The van der Waals surface area contributed by atoms with Gasteiger partial charge in [0.15, 0.2) is 0 Å². The summed E-state index contributed by atoms with van der Waals surface area (Å²) >= 11 is 0. The van der Waals surface area contributed by atoms with Crippen LogP contribution >= 0.6 is 0 Å². The minimum atomic E-state index is -0.796. The molecular weight excluding hydrogens is 218 g/mol. The molecular formula is C13H17NO3. The van der Waals surface area contributed by atoms with Crippen LogP contribution in [0.1, 0.15) is 24.0 Å². The maximum absolute atomic E-state index is 11.5. The SMILES string of the molecule is COc1ccc(C2(C(=O)O)CC(N)C2)c(C)c1. The molecule has 0 saturated heterocycles. The van der Waals surface area contributed by atoms with Crippen LogP contribution in [0.25, 0.3) is 0 Å². The number of rotatable bonds is 3. The summed E-state index contributed by atoms with van der Waals surface area (Å²) in [5.41, 5.74) is 6.75. The Balaban J connectivity index is 2.42. The zero-order chi connectivity index (χ0) is 12.6. The first-order valence-electron chi connectivity index (χ1n) is 5.64. The third-order valence-corrected chi connectivity index (χ3v) is 3.58. The molecule has 0 amide bonds. The fraction of sp³-hybridized carbons (Fsp3) is 0.462. The fourth-order valence-corrected chi connectivity index (χ4v) is 2.65. The molecule has 1 aliphatic rings. The number of hydrogen-bond acceptors (Lipinski definition) is 3. The zero-order valence-corrected chi connectivity index (χ0v) is 10.1. The predicted molar refractivity (Wildman–Crippen MR) is 64.3 cm³/mol. The van der Waals surface area contributed by atoms with Crippen LogP contribution in [-0.4, -0.2) is 24.2 Å². The fourth-order valence-electron chi connectivity index (χ4n) is 2.65. The molecule has 0 aliphatic heterocycles. The molecule has 1 aliphatic carbocycles. The van der Waals surface area contributed by atoms with Crippen molar-refractivity contribution in [2.24, 2.45) is 5.73 Å². The smallest absolute Gasteiger partial charge is 0.314 e. The maximum Gasteiger partial charge on any atom is 0.314 e. The molecule has 0 bridgehead atoms. The van der Waals surface area contributed by atoms with Crippen molar-refractivity contribution >= 4 is 5.97 Å². The van der Waals surface area contributed by atoms with Crippen molar-refractivity contribution in [3.05, 3.63) is 29.3 Å². The summed E-state index contributed by atoms with van der Waals surface area (Å²) in [6, 6.07) is 5.50. The second-order valence-electron chi connectivity index (χ2n) is 4.74. The van der Waals surface area contributed by atoms with Crippen molar-refractivity contribution in [3.8, 4) is 5.75 Å². The van der Waals surface area contributed by atoms with E-state index in [-0.39, 0.29) is 6.04 Å². The van der Waals surface area contributed by atoms with Gasteiger partial charge < -0.3 is 15.6 Å². The average Bonchev–Trinajstić information content (AvgIpc) is 2.24. The van der Waals surface area contributed by atoms with Crippen molar-refractivity contribution in [2.75, 3.05) is 7.11 Å². The first-order chi connectivity index (χ1) is 7.99. The minimum absolute atomic E-state index is 0.00685. The van der Waals surface area contributed by atoms with E-state index in [1.165, 1.54) is 0 Å². The molecule has 1 fully saturated rings. The van der Waals surface area contributed by atoms with Crippen LogP contribution in [-0.2, 0) is 10.2 Å². The third kappa shape index (κ3) is 1.78. The van der Waals surface area contributed by atoms with Gasteiger partial charge in [0.25, 0.3) is 0 Å². The van der Waals surface area contributed by atoms with E-state index in [9.17, 15) is 9.90 Å². The van der Waals surface area contributed by atoms with E-state index in [0.29, 0.717) is 12.8 Å². The molecule has 1 aromatic carbocycles. The van der Waals surface area contributed by atoms with Gasteiger partial charge in [-0.1, -0.05) is 6.07 Å². The van der Waals surface area contributed by atoms with Crippen LogP contribution in [0.15, 0.2) is 18.2 Å². The molecule has 4 nitrogen and oxygen atoms in total. The summed E-state index contributed by atoms with van der Waals surface area (Å²) in [5.74, 6) is -0.0390. The van der Waals surface area contributed by atoms with Gasteiger partial charge in [0.2, 0.25) is 0 Å². The number of ether oxygens (including phenoxy) is 1. The molecule has 0 radical (unpaired) electrons. The number of benzene rings is 1. The monoisotopic (exact) mass is 235 g/mol. The number of nitrogens with two attached hydrogens (primary N) is 1. The van der Waals surface area contributed by atoms with Crippen LogP contribution in [0.5, 0.6) is 5.75 Å². The molecule has 0 spiro atoms. The van der Waals surface area contributed by atoms with Crippen molar-refractivity contribution < 1.29 is 14.6 Å². The average molecular weight is 235 g/mol. The van der Waals surface area contributed by atoms with E-state index in [4.69, 9.17) is 10.5 Å². The van der Waals surface area contributed by atoms with E-state index in [1.54, 1.807) is 13.2 Å². The van der Waals surface area contributed by atoms with Crippen molar-refractivity contribution in [1.29, 1.82) is 0 Å². The molecule has 0 unspecified atom stereocenters. The lowest BCUT2D eigenvalue weighted by molar-refractivity contribution is -0.148. The normalized spacial score (nSPS) is 27.4. The number of methoxy groups -OCH3 is 1. The van der Waals surface area contributed by atoms with Gasteiger partial charge in [0, 0.05) is 6.04 Å². The van der Waals surface area contributed by atoms with E-state index in [2.05, 4.69) is 0 Å². The molecule has 3 N–H and O–H groups in total. The zero-order valence-electron chi connectivity index (χ0n) is 10.1. The van der Waals surface area contributed by atoms with E-state index >= 15 is 0 Å². The lowest BCUT2D eigenvalue weighted by Gasteiger charge is -2.43. The lowest BCUT2D eigenvalue weighted by atomic mass is 9.61. The largest absolute Gasteiger partial charge is 0.497 e. The minimum Gasteiger partial charge on any atom is -0.497 e. The summed E-state index contributed by atoms with van der Waals surface area (Å²) in [6.45, 7) is 1.91. The standard InChI is InChI=1S/C13H17NO3/c1-8-5-10(17-2)3-4-11(8)13(12(15)16)6-9(14)7-13/h3-5,9H,6-7,14H2,1-2H3,(H,15,16). The number of carbonyl (C=O) groups is 1. The highest BCUT2D eigenvalue weighted by molar-refractivity contribution is 5.83. The summed E-state index contributed by atoms with van der Waals surface area (Å²) < 4.78 is 5.12. The predicted octanol–water partition coefficient (Wildman–Crippen LogP) is 1.45. The van der Waals surface area contributed by atoms with Crippen molar-refractivity contribution in [2.45, 2.75) is 31.2 Å². The maximum atomic E-state index is 11.5. The van der Waals surface area contributed by atoms with Gasteiger partial charge in [-0.25, -0.2) is 0 Å². The van der Waals surface area contributed by atoms with Gasteiger partial charge in [0.05, 0.1) is 12.5 Å². The van der Waals surface area contributed by atoms with Crippen LogP contribution < -0.4 is 10.5 Å². The van der Waals surface area contributed by atoms with Gasteiger partial charge >= 0.3 is 5.97 Å². The number of aryl methyl sites for hydroxylation is 1. The first-order valence-corrected chi connectivity index (χ1v) is 5.64. The molecule has 4 heteroatoms. The highest BCUT2D eigenvalue weighted by Crippen LogP contribution is 2.45. The molecule has 0 aromatic heterocycles. The van der Waals surface area contributed by atoms with E-state index in [0.717, 1.165) is 16.9 Å². The second-order valence-corrected chi connectivity index (χ2v) is 4.74. The summed E-state index contributed by atoms with van der Waals surface area (Å²) in [5, 5.41) is 9.42. The Hall–Kier alpha value is -1.55.